The molecule has 152 valence electrons. The van der Waals surface area contributed by atoms with Crippen molar-refractivity contribution in [2.75, 3.05) is 44.3 Å². The van der Waals surface area contributed by atoms with Gasteiger partial charge in [-0.25, -0.2) is 0 Å². The fourth-order valence-electron chi connectivity index (χ4n) is 3.67. The summed E-state index contributed by atoms with van der Waals surface area (Å²) in [6, 6.07) is 6.42. The van der Waals surface area contributed by atoms with E-state index >= 15 is 0 Å². The number of ether oxygens (including phenoxy) is 1. The van der Waals surface area contributed by atoms with E-state index in [9.17, 15) is 0 Å². The van der Waals surface area contributed by atoms with Crippen LogP contribution in [-0.2, 0) is 17.8 Å². The van der Waals surface area contributed by atoms with E-state index in [-0.39, 0.29) is 0 Å². The summed E-state index contributed by atoms with van der Waals surface area (Å²) in [6.07, 6.45) is 5.98. The summed E-state index contributed by atoms with van der Waals surface area (Å²) in [4.78, 5) is 14.3. The van der Waals surface area contributed by atoms with Gasteiger partial charge in [-0.2, -0.15) is 0 Å². The van der Waals surface area contributed by atoms with Crippen molar-refractivity contribution < 1.29 is 4.74 Å². The Morgan fingerprint density at radius 1 is 1.11 bits per heavy atom. The lowest BCUT2D eigenvalue weighted by molar-refractivity contribution is 0.122. The van der Waals surface area contributed by atoms with Crippen LogP contribution >= 0.6 is 0 Å². The lowest BCUT2D eigenvalue weighted by atomic mass is 10.1. The zero-order valence-corrected chi connectivity index (χ0v) is 17.2. The second kappa shape index (κ2) is 10.5. The monoisotopic (exact) mass is 383 g/mol. The number of nitrogens with zero attached hydrogens (tertiary/aromatic N) is 4. The average Bonchev–Trinajstić information content (AvgIpc) is 2.71. The highest BCUT2D eigenvalue weighted by Gasteiger charge is 2.18. The molecule has 2 N–H and O–H groups in total. The van der Waals surface area contributed by atoms with Crippen molar-refractivity contribution in [3.8, 4) is 0 Å². The molecule has 1 aliphatic rings. The number of aromatic nitrogens is 2. The number of rotatable bonds is 9. The van der Waals surface area contributed by atoms with E-state index in [4.69, 9.17) is 15.5 Å². The highest BCUT2D eigenvalue weighted by Crippen LogP contribution is 2.22. The van der Waals surface area contributed by atoms with Crippen molar-refractivity contribution in [1.82, 2.24) is 14.9 Å². The molecule has 1 fully saturated rings. The molecule has 0 saturated carbocycles. The third-order valence-electron chi connectivity index (χ3n) is 5.22. The molecule has 28 heavy (non-hydrogen) atoms. The Kier molecular flexibility index (Phi) is 7.77. The molecule has 0 amide bonds. The molecule has 0 radical (unpaired) electrons. The normalized spacial score (nSPS) is 14.6. The molecular weight excluding hydrogens is 350 g/mol. The maximum Gasteiger partial charge on any atom is 0.0776 e. The van der Waals surface area contributed by atoms with Gasteiger partial charge < -0.3 is 15.4 Å². The number of anilines is 1. The molecule has 0 atom stereocenters. The second-order valence-electron chi connectivity index (χ2n) is 7.55. The quantitative estimate of drug-likeness (QED) is 0.672. The number of morpholine rings is 1. The fraction of sp³-hybridized carbons (Fsp3) is 0.545. The van der Waals surface area contributed by atoms with Gasteiger partial charge in [0.15, 0.2) is 0 Å². The minimum Gasteiger partial charge on any atom is -0.378 e. The van der Waals surface area contributed by atoms with Gasteiger partial charge in [0.25, 0.3) is 0 Å². The minimum absolute atomic E-state index is 0.734. The summed E-state index contributed by atoms with van der Waals surface area (Å²) in [7, 11) is 0. The molecule has 1 saturated heterocycles. The Morgan fingerprint density at radius 2 is 1.89 bits per heavy atom. The highest BCUT2D eigenvalue weighted by molar-refractivity contribution is 5.50. The molecule has 0 unspecified atom stereocenters. The molecule has 0 bridgehead atoms. The maximum absolute atomic E-state index is 5.72. The molecule has 3 heterocycles. The first kappa shape index (κ1) is 20.7. The van der Waals surface area contributed by atoms with Crippen molar-refractivity contribution in [2.24, 2.45) is 5.73 Å². The molecule has 6 nitrogen and oxygen atoms in total. The van der Waals surface area contributed by atoms with Crippen LogP contribution in [0.2, 0.25) is 0 Å². The summed E-state index contributed by atoms with van der Waals surface area (Å²) in [5, 5.41) is 0. The van der Waals surface area contributed by atoms with Crippen LogP contribution in [0, 0.1) is 13.8 Å². The Hall–Kier alpha value is -2.02. The van der Waals surface area contributed by atoms with Crippen molar-refractivity contribution in [3.63, 3.8) is 0 Å². The van der Waals surface area contributed by atoms with Crippen LogP contribution < -0.4 is 10.6 Å². The number of unbranched alkanes of at least 4 members (excludes halogenated alkanes) is 1. The summed E-state index contributed by atoms with van der Waals surface area (Å²) in [5.74, 6) is 0. The van der Waals surface area contributed by atoms with Gasteiger partial charge in [0, 0.05) is 38.6 Å². The molecule has 0 aliphatic carbocycles. The summed E-state index contributed by atoms with van der Waals surface area (Å²) < 4.78 is 5.52. The van der Waals surface area contributed by atoms with Crippen molar-refractivity contribution >= 4 is 5.69 Å². The van der Waals surface area contributed by atoms with Gasteiger partial charge in [0.2, 0.25) is 0 Å². The van der Waals surface area contributed by atoms with Crippen LogP contribution in [-0.4, -0.2) is 54.3 Å². The predicted molar refractivity (Wildman–Crippen MR) is 113 cm³/mol. The maximum atomic E-state index is 5.72. The third kappa shape index (κ3) is 5.74. The lowest BCUT2D eigenvalue weighted by Crippen LogP contribution is -2.37. The Bertz CT molecular complexity index is 745. The Balaban J connectivity index is 1.77. The van der Waals surface area contributed by atoms with Gasteiger partial charge >= 0.3 is 0 Å². The minimum atomic E-state index is 0.734. The summed E-state index contributed by atoms with van der Waals surface area (Å²) in [6.45, 7) is 11.0. The van der Waals surface area contributed by atoms with E-state index in [0.717, 1.165) is 76.7 Å². The zero-order valence-electron chi connectivity index (χ0n) is 17.2. The molecule has 0 spiro atoms. The summed E-state index contributed by atoms with van der Waals surface area (Å²) >= 11 is 0. The van der Waals surface area contributed by atoms with Crippen molar-refractivity contribution in [1.29, 1.82) is 0 Å². The zero-order chi connectivity index (χ0) is 19.8. The second-order valence-corrected chi connectivity index (χ2v) is 7.55. The SMILES string of the molecule is Cc1cnc(CN(CCCCN)Cc2ncccc2N2CCOCC2)c(C)c1. The number of aryl methyl sites for hydroxylation is 2. The molecule has 0 aromatic carbocycles. The van der Waals surface area contributed by atoms with E-state index in [1.54, 1.807) is 0 Å². The van der Waals surface area contributed by atoms with E-state index in [1.165, 1.54) is 16.8 Å². The molecular formula is C22H33N5O. The average molecular weight is 384 g/mol. The summed E-state index contributed by atoms with van der Waals surface area (Å²) in [5.41, 5.74) is 11.7. The molecule has 2 aromatic heterocycles. The van der Waals surface area contributed by atoms with Crippen LogP contribution in [0.3, 0.4) is 0 Å². The predicted octanol–water partition coefficient (Wildman–Crippen LogP) is 2.67. The van der Waals surface area contributed by atoms with Gasteiger partial charge in [-0.1, -0.05) is 6.07 Å². The molecule has 2 aromatic rings. The van der Waals surface area contributed by atoms with Gasteiger partial charge in [0.05, 0.1) is 30.3 Å². The highest BCUT2D eigenvalue weighted by atomic mass is 16.5. The van der Waals surface area contributed by atoms with Crippen molar-refractivity contribution in [3.05, 3.63) is 53.1 Å². The smallest absolute Gasteiger partial charge is 0.0776 e. The molecule has 6 heteroatoms. The fourth-order valence-corrected chi connectivity index (χ4v) is 3.67. The first-order valence-corrected chi connectivity index (χ1v) is 10.3. The lowest BCUT2D eigenvalue weighted by Gasteiger charge is -2.31. The van der Waals surface area contributed by atoms with Gasteiger partial charge in [-0.3, -0.25) is 14.9 Å². The van der Waals surface area contributed by atoms with Crippen LogP contribution in [0.15, 0.2) is 30.6 Å². The molecule has 1 aliphatic heterocycles. The van der Waals surface area contributed by atoms with Crippen LogP contribution in [0.5, 0.6) is 0 Å². The van der Waals surface area contributed by atoms with Gasteiger partial charge in [-0.05, 0) is 63.0 Å². The van der Waals surface area contributed by atoms with Crippen molar-refractivity contribution in [2.45, 2.75) is 39.8 Å². The van der Waals surface area contributed by atoms with Crippen LogP contribution in [0.4, 0.5) is 5.69 Å². The molecule has 3 rings (SSSR count). The first-order valence-electron chi connectivity index (χ1n) is 10.3. The largest absolute Gasteiger partial charge is 0.378 e. The Morgan fingerprint density at radius 3 is 2.64 bits per heavy atom. The van der Waals surface area contributed by atoms with E-state index in [1.807, 2.05) is 18.5 Å². The van der Waals surface area contributed by atoms with Crippen LogP contribution in [0.1, 0.15) is 35.4 Å². The number of hydrogen-bond donors (Lipinski definition) is 1. The van der Waals surface area contributed by atoms with Crippen LogP contribution in [0.25, 0.3) is 0 Å². The van der Waals surface area contributed by atoms with Gasteiger partial charge in [0.1, 0.15) is 0 Å². The topological polar surface area (TPSA) is 67.5 Å². The van der Waals surface area contributed by atoms with E-state index < -0.39 is 0 Å². The Labute approximate surface area is 168 Å². The number of pyridine rings is 2. The van der Waals surface area contributed by atoms with E-state index in [0.29, 0.717) is 0 Å². The standard InChI is InChI=1S/C22H33N5O/c1-18-14-19(2)20(25-15-18)16-26(9-4-3-7-23)17-21-22(6-5-8-24-21)27-10-12-28-13-11-27/h5-6,8,14-15H,3-4,7,9-13,16-17,23H2,1-2H3. The third-order valence-corrected chi connectivity index (χ3v) is 5.22. The number of nitrogens with two attached hydrogens (primary N) is 1. The first-order chi connectivity index (χ1) is 13.7. The van der Waals surface area contributed by atoms with Gasteiger partial charge in [-0.15, -0.1) is 0 Å². The van der Waals surface area contributed by atoms with E-state index in [2.05, 4.69) is 40.8 Å². The number of hydrogen-bond acceptors (Lipinski definition) is 6.